The minimum absolute atomic E-state index is 0.411. The minimum atomic E-state index is -0.449. The van der Waals surface area contributed by atoms with Gasteiger partial charge in [-0.2, -0.15) is 11.8 Å². The number of aryl methyl sites for hydroxylation is 1. The van der Waals surface area contributed by atoms with Crippen LogP contribution in [0.3, 0.4) is 0 Å². The van der Waals surface area contributed by atoms with E-state index in [1.165, 1.54) is 0 Å². The second-order valence-electron chi connectivity index (χ2n) is 7.28. The lowest BCUT2D eigenvalue weighted by Gasteiger charge is -2.25. The van der Waals surface area contributed by atoms with Gasteiger partial charge in [0, 0.05) is 42.5 Å². The molecule has 8 heteroatoms. The molecule has 0 saturated heterocycles. The van der Waals surface area contributed by atoms with Crippen molar-refractivity contribution in [2.45, 2.75) is 12.5 Å². The van der Waals surface area contributed by atoms with Crippen LogP contribution in [0.2, 0.25) is 0 Å². The van der Waals surface area contributed by atoms with Crippen molar-refractivity contribution < 1.29 is 14.3 Å². The topological polar surface area (TPSA) is 78.3 Å². The third-order valence-electron chi connectivity index (χ3n) is 5.26. The van der Waals surface area contributed by atoms with Gasteiger partial charge in [0.1, 0.15) is 11.8 Å². The summed E-state index contributed by atoms with van der Waals surface area (Å²) in [6, 6.07) is 16.0. The molecule has 0 fully saturated rings. The molecule has 1 aliphatic carbocycles. The number of thioether (sulfide) groups is 1. The summed E-state index contributed by atoms with van der Waals surface area (Å²) in [7, 11) is 1.88. The highest BCUT2D eigenvalue weighted by atomic mass is 32.2. The predicted molar refractivity (Wildman–Crippen MR) is 122 cm³/mol. The van der Waals surface area contributed by atoms with E-state index in [1.54, 1.807) is 16.4 Å². The number of ether oxygens (including phenoxy) is 2. The zero-order valence-corrected chi connectivity index (χ0v) is 18.5. The first-order valence-corrected chi connectivity index (χ1v) is 11.7. The number of hydrogen-bond acceptors (Lipinski definition) is 6. The molecule has 2 aromatic carbocycles. The highest BCUT2D eigenvalue weighted by molar-refractivity contribution is 7.98. The Morgan fingerprint density at radius 1 is 1.16 bits per heavy atom. The smallest absolute Gasteiger partial charge is 0.407 e. The summed E-state index contributed by atoms with van der Waals surface area (Å²) in [5.74, 6) is 0.938. The number of aromatic nitrogens is 3. The van der Waals surface area contributed by atoms with Crippen LogP contribution in [-0.4, -0.2) is 52.9 Å². The van der Waals surface area contributed by atoms with E-state index in [4.69, 9.17) is 9.47 Å². The maximum atomic E-state index is 12.6. The zero-order chi connectivity index (χ0) is 21.6. The van der Waals surface area contributed by atoms with Crippen molar-refractivity contribution >= 4 is 17.9 Å². The van der Waals surface area contributed by atoms with Gasteiger partial charge >= 0.3 is 6.09 Å². The van der Waals surface area contributed by atoms with Gasteiger partial charge in [-0.15, -0.1) is 5.10 Å². The van der Waals surface area contributed by atoms with Crippen LogP contribution in [-0.2, 0) is 22.9 Å². The van der Waals surface area contributed by atoms with Gasteiger partial charge in [0.2, 0.25) is 0 Å². The summed E-state index contributed by atoms with van der Waals surface area (Å²) in [4.78, 5) is 12.6. The number of hydrogen-bond donors (Lipinski definition) is 1. The largest absolute Gasteiger partial charge is 0.441 e. The Balaban J connectivity index is 1.59. The Bertz CT molecular complexity index is 1050. The summed E-state index contributed by atoms with van der Waals surface area (Å²) in [5.41, 5.74) is 5.75. The normalized spacial score (nSPS) is 14.6. The molecule has 1 atom stereocenters. The van der Waals surface area contributed by atoms with Crippen molar-refractivity contribution in [3.63, 3.8) is 0 Å². The van der Waals surface area contributed by atoms with Crippen LogP contribution in [0.15, 0.2) is 48.5 Å². The van der Waals surface area contributed by atoms with Crippen LogP contribution in [0.25, 0.3) is 22.5 Å². The first-order valence-electron chi connectivity index (χ1n) is 10.3. The molecule has 4 rings (SSSR count). The first kappa shape index (κ1) is 21.4. The summed E-state index contributed by atoms with van der Waals surface area (Å²) in [5, 5.41) is 11.5. The summed E-state index contributed by atoms with van der Waals surface area (Å²) in [6.45, 7) is 1.55. The van der Waals surface area contributed by atoms with Crippen molar-refractivity contribution in [1.29, 1.82) is 0 Å². The Morgan fingerprint density at radius 3 is 2.77 bits per heavy atom. The third-order valence-corrected chi connectivity index (χ3v) is 5.84. The molecule has 0 radical (unpaired) electrons. The molecule has 1 N–H and O–H groups in total. The van der Waals surface area contributed by atoms with E-state index < -0.39 is 12.2 Å². The second-order valence-corrected chi connectivity index (χ2v) is 8.27. The maximum absolute atomic E-state index is 12.6. The van der Waals surface area contributed by atoms with Crippen molar-refractivity contribution in [1.82, 2.24) is 20.3 Å². The predicted octanol–water partition coefficient (Wildman–Crippen LogP) is 3.85. The molecule has 0 spiro atoms. The zero-order valence-electron chi connectivity index (χ0n) is 17.7. The molecular formula is C23H26N4O3S. The quantitative estimate of drug-likeness (QED) is 0.565. The number of carbonyl (C=O) groups excluding carboxylic acids is 1. The molecule has 0 saturated carbocycles. The molecule has 1 amide bonds. The third kappa shape index (κ3) is 4.75. The molecular weight excluding hydrogens is 412 g/mol. The Morgan fingerprint density at radius 2 is 1.94 bits per heavy atom. The van der Waals surface area contributed by atoms with Gasteiger partial charge in [-0.3, -0.25) is 0 Å². The molecule has 0 aliphatic heterocycles. The van der Waals surface area contributed by atoms with Gasteiger partial charge in [-0.25, -0.2) is 9.48 Å². The summed E-state index contributed by atoms with van der Waals surface area (Å²) in [6.07, 6.45) is 1.71. The van der Waals surface area contributed by atoms with Gasteiger partial charge in [0.25, 0.3) is 0 Å². The van der Waals surface area contributed by atoms with E-state index in [0.717, 1.165) is 39.4 Å². The number of rotatable bonds is 7. The van der Waals surface area contributed by atoms with Gasteiger partial charge in [-0.05, 0) is 11.8 Å². The van der Waals surface area contributed by atoms with Crippen molar-refractivity contribution in [2.24, 2.45) is 7.05 Å². The molecule has 0 bridgehead atoms. The van der Waals surface area contributed by atoms with E-state index in [9.17, 15) is 4.79 Å². The van der Waals surface area contributed by atoms with Crippen LogP contribution in [0.1, 0.15) is 17.2 Å². The van der Waals surface area contributed by atoms with E-state index in [0.29, 0.717) is 26.2 Å². The number of alkyl carbamates (subject to hydrolysis) is 1. The number of amides is 1. The lowest BCUT2D eigenvalue weighted by Crippen LogP contribution is -2.30. The Kier molecular flexibility index (Phi) is 6.89. The summed E-state index contributed by atoms with van der Waals surface area (Å²) >= 11 is 1.73. The number of nitrogens with one attached hydrogen (secondary N) is 1. The molecule has 1 heterocycles. The fourth-order valence-corrected chi connectivity index (χ4v) is 4.10. The van der Waals surface area contributed by atoms with Gasteiger partial charge < -0.3 is 14.8 Å². The monoisotopic (exact) mass is 438 g/mol. The molecule has 31 heavy (non-hydrogen) atoms. The highest BCUT2D eigenvalue weighted by Crippen LogP contribution is 2.41. The highest BCUT2D eigenvalue weighted by Gasteiger charge is 2.29. The Labute approximate surface area is 186 Å². The van der Waals surface area contributed by atoms with Crippen LogP contribution in [0.4, 0.5) is 4.79 Å². The van der Waals surface area contributed by atoms with Crippen LogP contribution >= 0.6 is 11.8 Å². The van der Waals surface area contributed by atoms with E-state index in [1.807, 2.05) is 55.8 Å². The molecule has 1 unspecified atom stereocenters. The van der Waals surface area contributed by atoms with Gasteiger partial charge in [0.05, 0.1) is 18.9 Å². The maximum Gasteiger partial charge on any atom is 0.407 e. The van der Waals surface area contributed by atoms with Gasteiger partial charge in [0.15, 0.2) is 0 Å². The SMILES string of the molecule is CSCCOCCNC(=O)OC1Cc2ccccc2-c2nnn(C)c2-c2ccccc21. The summed E-state index contributed by atoms with van der Waals surface area (Å²) < 4.78 is 13.2. The first-order chi connectivity index (χ1) is 15.2. The van der Waals surface area contributed by atoms with E-state index in [2.05, 4.69) is 21.7 Å². The van der Waals surface area contributed by atoms with Crippen LogP contribution in [0, 0.1) is 0 Å². The average molecular weight is 439 g/mol. The fourth-order valence-electron chi connectivity index (χ4n) is 3.82. The van der Waals surface area contributed by atoms with Crippen molar-refractivity contribution in [2.75, 3.05) is 31.8 Å². The van der Waals surface area contributed by atoms with Crippen molar-refractivity contribution in [3.8, 4) is 22.5 Å². The second kappa shape index (κ2) is 9.98. The molecule has 7 nitrogen and oxygen atoms in total. The van der Waals surface area contributed by atoms with Crippen LogP contribution in [0.5, 0.6) is 0 Å². The molecule has 3 aromatic rings. The number of fused-ring (bicyclic) bond motifs is 5. The molecule has 162 valence electrons. The van der Waals surface area contributed by atoms with Crippen LogP contribution < -0.4 is 5.32 Å². The Hall–Kier alpha value is -2.84. The molecule has 1 aliphatic rings. The lowest BCUT2D eigenvalue weighted by atomic mass is 9.87. The average Bonchev–Trinajstić information content (AvgIpc) is 3.15. The van der Waals surface area contributed by atoms with Crippen molar-refractivity contribution in [3.05, 3.63) is 59.7 Å². The fraction of sp³-hybridized carbons (Fsp3) is 0.348. The number of carbonyl (C=O) groups is 1. The molecule has 1 aromatic heterocycles. The van der Waals surface area contributed by atoms with Gasteiger partial charge in [-0.1, -0.05) is 53.7 Å². The minimum Gasteiger partial charge on any atom is -0.441 e. The van der Waals surface area contributed by atoms with E-state index in [-0.39, 0.29) is 0 Å². The number of nitrogens with zero attached hydrogens (tertiary/aromatic N) is 3. The standard InChI is InChI=1S/C23H26N4O3S/c1-27-22-19-10-6-5-9-18(19)20(30-23(28)24-11-12-29-13-14-31-2)15-16-7-3-4-8-17(16)21(22)25-26-27/h3-10,20H,11-15H2,1-2H3,(H,24,28). The number of benzene rings is 2. The lowest BCUT2D eigenvalue weighted by molar-refractivity contribution is 0.0922. The van der Waals surface area contributed by atoms with E-state index >= 15 is 0 Å².